The van der Waals surface area contributed by atoms with Crippen molar-refractivity contribution in [3.63, 3.8) is 0 Å². The molecule has 3 rings (SSSR count). The Kier molecular flexibility index (Phi) is 4.49. The molecular formula is C19H19ClN2O2. The Labute approximate surface area is 145 Å². The number of para-hydroxylation sites is 1. The first-order valence-corrected chi connectivity index (χ1v) is 8.33. The van der Waals surface area contributed by atoms with Gasteiger partial charge in [-0.05, 0) is 44.2 Å². The molecule has 0 radical (unpaired) electrons. The summed E-state index contributed by atoms with van der Waals surface area (Å²) >= 11 is 6.19. The Morgan fingerprint density at radius 2 is 1.79 bits per heavy atom. The van der Waals surface area contributed by atoms with Crippen LogP contribution in [-0.2, 0) is 0 Å². The van der Waals surface area contributed by atoms with E-state index in [2.05, 4.69) is 4.90 Å². The molecule has 2 aromatic carbocycles. The summed E-state index contributed by atoms with van der Waals surface area (Å²) in [5.74, 6) is -0.951. The van der Waals surface area contributed by atoms with Gasteiger partial charge in [0.1, 0.15) is 0 Å². The van der Waals surface area contributed by atoms with Crippen LogP contribution in [-0.4, -0.2) is 28.7 Å². The Hall–Kier alpha value is -2.46. The molecule has 24 heavy (non-hydrogen) atoms. The Bertz CT molecular complexity index is 883. The SMILES string of the molecule is CCN(CC)c1c(C(=O)O)n(-c2ccccc2)c2cc(Cl)ccc12. The van der Waals surface area contributed by atoms with Gasteiger partial charge in [0.05, 0.1) is 11.2 Å². The maximum atomic E-state index is 12.1. The van der Waals surface area contributed by atoms with Gasteiger partial charge < -0.3 is 14.6 Å². The monoisotopic (exact) mass is 342 g/mol. The Balaban J connectivity index is 2.47. The number of nitrogens with zero attached hydrogens (tertiary/aromatic N) is 2. The summed E-state index contributed by atoms with van der Waals surface area (Å²) in [6.45, 7) is 5.51. The number of hydrogen-bond donors (Lipinski definition) is 1. The first-order chi connectivity index (χ1) is 11.6. The number of fused-ring (bicyclic) bond motifs is 1. The fourth-order valence-corrected chi connectivity index (χ4v) is 3.31. The van der Waals surface area contributed by atoms with E-state index in [4.69, 9.17) is 11.6 Å². The van der Waals surface area contributed by atoms with Crippen LogP contribution in [0.5, 0.6) is 0 Å². The maximum Gasteiger partial charge on any atom is 0.355 e. The molecule has 1 N–H and O–H groups in total. The molecule has 0 aliphatic heterocycles. The lowest BCUT2D eigenvalue weighted by molar-refractivity contribution is 0.0689. The number of aromatic nitrogens is 1. The predicted octanol–water partition coefficient (Wildman–Crippen LogP) is 4.83. The van der Waals surface area contributed by atoms with Gasteiger partial charge >= 0.3 is 5.97 Å². The minimum Gasteiger partial charge on any atom is -0.476 e. The average molecular weight is 343 g/mol. The van der Waals surface area contributed by atoms with Gasteiger partial charge in [-0.1, -0.05) is 29.8 Å². The molecule has 5 heteroatoms. The van der Waals surface area contributed by atoms with Gasteiger partial charge in [-0.15, -0.1) is 0 Å². The highest BCUT2D eigenvalue weighted by atomic mass is 35.5. The number of benzene rings is 2. The van der Waals surface area contributed by atoms with Crippen molar-refractivity contribution in [2.45, 2.75) is 13.8 Å². The minimum atomic E-state index is -0.951. The second-order valence-corrected chi connectivity index (χ2v) is 5.94. The van der Waals surface area contributed by atoms with Crippen molar-refractivity contribution < 1.29 is 9.90 Å². The van der Waals surface area contributed by atoms with Crippen LogP contribution < -0.4 is 4.90 Å². The smallest absolute Gasteiger partial charge is 0.355 e. The van der Waals surface area contributed by atoms with Crippen LogP contribution in [0.15, 0.2) is 48.5 Å². The zero-order valence-corrected chi connectivity index (χ0v) is 14.4. The number of hydrogen-bond acceptors (Lipinski definition) is 2. The fraction of sp³-hybridized carbons (Fsp3) is 0.211. The second-order valence-electron chi connectivity index (χ2n) is 5.51. The third kappa shape index (κ3) is 2.63. The minimum absolute atomic E-state index is 0.266. The lowest BCUT2D eigenvalue weighted by Crippen LogP contribution is -2.24. The van der Waals surface area contributed by atoms with E-state index >= 15 is 0 Å². The number of rotatable bonds is 5. The highest BCUT2D eigenvalue weighted by molar-refractivity contribution is 6.31. The lowest BCUT2D eigenvalue weighted by Gasteiger charge is -2.21. The summed E-state index contributed by atoms with van der Waals surface area (Å²) in [5.41, 5.74) is 2.61. The molecule has 4 nitrogen and oxygen atoms in total. The van der Waals surface area contributed by atoms with E-state index in [9.17, 15) is 9.90 Å². The van der Waals surface area contributed by atoms with Gasteiger partial charge in [0.25, 0.3) is 0 Å². The fourth-order valence-electron chi connectivity index (χ4n) is 3.15. The Morgan fingerprint density at radius 3 is 2.38 bits per heavy atom. The van der Waals surface area contributed by atoms with Crippen molar-refractivity contribution in [1.29, 1.82) is 0 Å². The second kappa shape index (κ2) is 6.57. The number of anilines is 1. The molecule has 3 aromatic rings. The van der Waals surface area contributed by atoms with Crippen molar-refractivity contribution in [3.05, 3.63) is 59.2 Å². The molecule has 0 aliphatic carbocycles. The third-order valence-corrected chi connectivity index (χ3v) is 4.44. The molecule has 0 fully saturated rings. The van der Waals surface area contributed by atoms with Gasteiger partial charge in [0, 0.05) is 29.2 Å². The average Bonchev–Trinajstić information content (AvgIpc) is 2.91. The largest absolute Gasteiger partial charge is 0.476 e. The molecule has 124 valence electrons. The highest BCUT2D eigenvalue weighted by Crippen LogP contribution is 2.37. The highest BCUT2D eigenvalue weighted by Gasteiger charge is 2.26. The first kappa shape index (κ1) is 16.4. The third-order valence-electron chi connectivity index (χ3n) is 4.20. The van der Waals surface area contributed by atoms with E-state index in [-0.39, 0.29) is 5.69 Å². The van der Waals surface area contributed by atoms with E-state index in [1.807, 2.05) is 56.3 Å². The van der Waals surface area contributed by atoms with Crippen molar-refractivity contribution in [2.24, 2.45) is 0 Å². The predicted molar refractivity (Wildman–Crippen MR) is 98.8 cm³/mol. The summed E-state index contributed by atoms with van der Waals surface area (Å²) in [5, 5.41) is 11.4. The summed E-state index contributed by atoms with van der Waals surface area (Å²) in [6, 6.07) is 15.0. The molecule has 0 atom stereocenters. The molecule has 0 aliphatic rings. The van der Waals surface area contributed by atoms with Gasteiger partial charge in [0.15, 0.2) is 5.69 Å². The van der Waals surface area contributed by atoms with E-state index in [1.165, 1.54) is 0 Å². The molecule has 0 amide bonds. The summed E-state index contributed by atoms with van der Waals surface area (Å²) < 4.78 is 1.78. The van der Waals surface area contributed by atoms with E-state index < -0.39 is 5.97 Å². The van der Waals surface area contributed by atoms with Gasteiger partial charge in [-0.3, -0.25) is 0 Å². The van der Waals surface area contributed by atoms with Gasteiger partial charge in [0.2, 0.25) is 0 Å². The topological polar surface area (TPSA) is 45.5 Å². The number of aromatic carboxylic acids is 1. The van der Waals surface area contributed by atoms with Gasteiger partial charge in [-0.25, -0.2) is 4.79 Å². The molecule has 0 spiro atoms. The molecular weight excluding hydrogens is 324 g/mol. The van der Waals surface area contributed by atoms with Crippen LogP contribution in [0.25, 0.3) is 16.6 Å². The van der Waals surface area contributed by atoms with Crippen molar-refractivity contribution in [1.82, 2.24) is 4.57 Å². The number of carboxylic acid groups (broad SMARTS) is 1. The van der Waals surface area contributed by atoms with Crippen LogP contribution >= 0.6 is 11.6 Å². The van der Waals surface area contributed by atoms with Crippen molar-refractivity contribution in [3.8, 4) is 5.69 Å². The zero-order valence-electron chi connectivity index (χ0n) is 13.7. The van der Waals surface area contributed by atoms with Crippen molar-refractivity contribution >= 4 is 34.2 Å². The molecule has 0 saturated heterocycles. The normalized spacial score (nSPS) is 11.0. The van der Waals surface area contributed by atoms with E-state index in [0.29, 0.717) is 5.02 Å². The van der Waals surface area contributed by atoms with Crippen LogP contribution in [0.1, 0.15) is 24.3 Å². The number of halogens is 1. The molecule has 0 unspecified atom stereocenters. The summed E-state index contributed by atoms with van der Waals surface area (Å²) in [4.78, 5) is 14.2. The van der Waals surface area contributed by atoms with Crippen LogP contribution in [0.4, 0.5) is 5.69 Å². The molecule has 1 heterocycles. The number of carboxylic acids is 1. The quantitative estimate of drug-likeness (QED) is 0.722. The summed E-state index contributed by atoms with van der Waals surface area (Å²) in [7, 11) is 0. The van der Waals surface area contributed by atoms with Crippen LogP contribution in [0.2, 0.25) is 5.02 Å². The van der Waals surface area contributed by atoms with E-state index in [1.54, 1.807) is 10.6 Å². The molecule has 0 bridgehead atoms. The summed E-state index contributed by atoms with van der Waals surface area (Å²) in [6.07, 6.45) is 0. The molecule has 0 saturated carbocycles. The van der Waals surface area contributed by atoms with Gasteiger partial charge in [-0.2, -0.15) is 0 Å². The zero-order chi connectivity index (χ0) is 17.3. The Morgan fingerprint density at radius 1 is 1.12 bits per heavy atom. The maximum absolute atomic E-state index is 12.1. The lowest BCUT2D eigenvalue weighted by atomic mass is 10.2. The van der Waals surface area contributed by atoms with Crippen LogP contribution in [0, 0.1) is 0 Å². The van der Waals surface area contributed by atoms with Crippen molar-refractivity contribution in [2.75, 3.05) is 18.0 Å². The van der Waals surface area contributed by atoms with Crippen LogP contribution in [0.3, 0.4) is 0 Å². The standard InChI is InChI=1S/C19H19ClN2O2/c1-3-21(4-2)17-15-11-10-13(20)12-16(15)22(18(17)19(23)24)14-8-6-5-7-9-14/h5-12H,3-4H2,1-2H3,(H,23,24). The number of carbonyl (C=O) groups is 1. The molecule has 1 aromatic heterocycles. The first-order valence-electron chi connectivity index (χ1n) is 7.96. The van der Waals surface area contributed by atoms with E-state index in [0.717, 1.165) is 35.4 Å².